The molecule has 0 spiro atoms. The molecule has 1 unspecified atom stereocenters. The van der Waals surface area contributed by atoms with Crippen molar-refractivity contribution >= 4 is 34.8 Å². The second-order valence-corrected chi connectivity index (χ2v) is 6.91. The molecular formula is C14H16Cl2N2O3. The number of nitrogens with one attached hydrogen (secondary N) is 1. The number of rotatable bonds is 3. The van der Waals surface area contributed by atoms with E-state index in [9.17, 15) is 14.9 Å². The van der Waals surface area contributed by atoms with Crippen LogP contribution in [0.5, 0.6) is 0 Å². The molecule has 2 rings (SSSR count). The van der Waals surface area contributed by atoms with Gasteiger partial charge in [-0.15, -0.1) is 0 Å². The van der Waals surface area contributed by atoms with Gasteiger partial charge in [-0.2, -0.15) is 0 Å². The predicted molar refractivity (Wildman–Crippen MR) is 82.0 cm³/mol. The Morgan fingerprint density at radius 2 is 2.10 bits per heavy atom. The Morgan fingerprint density at radius 1 is 1.43 bits per heavy atom. The van der Waals surface area contributed by atoms with Crippen molar-refractivity contribution in [1.82, 2.24) is 5.32 Å². The molecule has 0 saturated heterocycles. The van der Waals surface area contributed by atoms with Gasteiger partial charge < -0.3 is 5.32 Å². The number of hydrogen-bond acceptors (Lipinski definition) is 3. The summed E-state index contributed by atoms with van der Waals surface area (Å²) in [6.45, 7) is 4.30. The number of carbonyl (C=O) groups excluding carboxylic acids is 1. The Morgan fingerprint density at radius 3 is 2.62 bits per heavy atom. The van der Waals surface area contributed by atoms with Gasteiger partial charge in [0.05, 0.1) is 20.5 Å². The quantitative estimate of drug-likeness (QED) is 0.666. The molecule has 1 aliphatic rings. The SMILES string of the molecule is CC1(C)CCC(NC(=O)c2cc([N+](=O)[O-])cc(Cl)c2Cl)C1. The summed E-state index contributed by atoms with van der Waals surface area (Å²) in [5, 5.41) is 13.8. The van der Waals surface area contributed by atoms with Gasteiger partial charge in [0.15, 0.2) is 0 Å². The summed E-state index contributed by atoms with van der Waals surface area (Å²) < 4.78 is 0. The maximum atomic E-state index is 12.3. The van der Waals surface area contributed by atoms with E-state index in [-0.39, 0.29) is 32.8 Å². The van der Waals surface area contributed by atoms with Crippen LogP contribution in [-0.4, -0.2) is 16.9 Å². The molecule has 114 valence electrons. The molecule has 1 aromatic carbocycles. The van der Waals surface area contributed by atoms with Crippen molar-refractivity contribution < 1.29 is 9.72 Å². The Kier molecular flexibility index (Phi) is 4.44. The topological polar surface area (TPSA) is 72.2 Å². The van der Waals surface area contributed by atoms with Crippen LogP contribution >= 0.6 is 23.2 Å². The number of non-ortho nitro benzene ring substituents is 1. The van der Waals surface area contributed by atoms with Crippen molar-refractivity contribution in [2.45, 2.75) is 39.2 Å². The van der Waals surface area contributed by atoms with Crippen LogP contribution in [0, 0.1) is 15.5 Å². The molecule has 7 heteroatoms. The summed E-state index contributed by atoms with van der Waals surface area (Å²) in [6, 6.07) is 2.35. The first-order valence-corrected chi connectivity index (χ1v) is 7.39. The molecule has 0 heterocycles. The van der Waals surface area contributed by atoms with Crippen LogP contribution in [-0.2, 0) is 0 Å². The fraction of sp³-hybridized carbons (Fsp3) is 0.500. The van der Waals surface area contributed by atoms with E-state index in [4.69, 9.17) is 23.2 Å². The molecule has 0 radical (unpaired) electrons. The van der Waals surface area contributed by atoms with E-state index in [1.165, 1.54) is 0 Å². The summed E-state index contributed by atoms with van der Waals surface area (Å²) in [5.74, 6) is -0.423. The molecule has 1 N–H and O–H groups in total. The fourth-order valence-electron chi connectivity index (χ4n) is 2.67. The van der Waals surface area contributed by atoms with Crippen LogP contribution in [0.3, 0.4) is 0 Å². The van der Waals surface area contributed by atoms with Gasteiger partial charge in [-0.1, -0.05) is 37.0 Å². The lowest BCUT2D eigenvalue weighted by Gasteiger charge is -2.18. The maximum Gasteiger partial charge on any atom is 0.271 e. The third kappa shape index (κ3) is 3.66. The van der Waals surface area contributed by atoms with Crippen LogP contribution in [0.1, 0.15) is 43.5 Å². The van der Waals surface area contributed by atoms with Crippen molar-refractivity contribution in [2.75, 3.05) is 0 Å². The van der Waals surface area contributed by atoms with E-state index in [1.807, 2.05) is 0 Å². The number of hydrogen-bond donors (Lipinski definition) is 1. The predicted octanol–water partition coefficient (Wildman–Crippen LogP) is 4.21. The fourth-order valence-corrected chi connectivity index (χ4v) is 3.08. The Hall–Kier alpha value is -1.33. The highest BCUT2D eigenvalue weighted by Gasteiger charge is 2.32. The highest BCUT2D eigenvalue weighted by atomic mass is 35.5. The van der Waals surface area contributed by atoms with Crippen molar-refractivity contribution in [1.29, 1.82) is 0 Å². The van der Waals surface area contributed by atoms with Crippen molar-refractivity contribution in [3.63, 3.8) is 0 Å². The molecular weight excluding hydrogens is 315 g/mol. The number of benzene rings is 1. The van der Waals surface area contributed by atoms with Gasteiger partial charge in [0, 0.05) is 18.2 Å². The first kappa shape index (κ1) is 16.0. The van der Waals surface area contributed by atoms with Gasteiger partial charge >= 0.3 is 0 Å². The highest BCUT2D eigenvalue weighted by molar-refractivity contribution is 6.44. The molecule has 0 aromatic heterocycles. The molecule has 1 fully saturated rings. The zero-order valence-electron chi connectivity index (χ0n) is 11.8. The maximum absolute atomic E-state index is 12.3. The lowest BCUT2D eigenvalue weighted by atomic mass is 9.92. The van der Waals surface area contributed by atoms with Crippen molar-refractivity contribution in [2.24, 2.45) is 5.41 Å². The van der Waals surface area contributed by atoms with E-state index in [0.29, 0.717) is 0 Å². The summed E-state index contributed by atoms with van der Waals surface area (Å²) >= 11 is 11.8. The van der Waals surface area contributed by atoms with Gasteiger partial charge in [-0.25, -0.2) is 0 Å². The largest absolute Gasteiger partial charge is 0.349 e. The minimum atomic E-state index is -0.600. The third-order valence-corrected chi connectivity index (χ3v) is 4.57. The van der Waals surface area contributed by atoms with Gasteiger partial charge in [0.2, 0.25) is 0 Å². The van der Waals surface area contributed by atoms with E-state index in [2.05, 4.69) is 19.2 Å². The summed E-state index contributed by atoms with van der Waals surface area (Å²) in [5.41, 5.74) is -0.0101. The van der Waals surface area contributed by atoms with Crippen LogP contribution in [0.15, 0.2) is 12.1 Å². The van der Waals surface area contributed by atoms with Gasteiger partial charge in [0.25, 0.3) is 11.6 Å². The average Bonchev–Trinajstić information content (AvgIpc) is 2.71. The zero-order chi connectivity index (χ0) is 15.8. The second kappa shape index (κ2) is 5.81. The highest BCUT2D eigenvalue weighted by Crippen LogP contribution is 2.37. The van der Waals surface area contributed by atoms with Gasteiger partial charge in [-0.05, 0) is 24.7 Å². The molecule has 1 atom stereocenters. The third-order valence-electron chi connectivity index (χ3n) is 3.77. The molecule has 1 aliphatic carbocycles. The van der Waals surface area contributed by atoms with Crippen LogP contribution in [0.25, 0.3) is 0 Å². The zero-order valence-corrected chi connectivity index (χ0v) is 13.3. The Labute approximate surface area is 132 Å². The number of nitro groups is 1. The van der Waals surface area contributed by atoms with Crippen LogP contribution in [0.4, 0.5) is 5.69 Å². The van der Waals surface area contributed by atoms with E-state index >= 15 is 0 Å². The van der Waals surface area contributed by atoms with Crippen molar-refractivity contribution in [3.8, 4) is 0 Å². The molecule has 0 bridgehead atoms. The average molecular weight is 331 g/mol. The number of nitro benzene ring substituents is 1. The summed E-state index contributed by atoms with van der Waals surface area (Å²) in [4.78, 5) is 22.5. The normalized spacial score (nSPS) is 20.3. The molecule has 1 aromatic rings. The standard InChI is InChI=1S/C14H16Cl2N2O3/c1-14(2)4-3-8(7-14)17-13(19)10-5-9(18(20)21)6-11(15)12(10)16/h5-6,8H,3-4,7H2,1-2H3,(H,17,19). The number of amides is 1. The molecule has 21 heavy (non-hydrogen) atoms. The van der Waals surface area contributed by atoms with E-state index < -0.39 is 10.8 Å². The van der Waals surface area contributed by atoms with E-state index in [1.54, 1.807) is 0 Å². The van der Waals surface area contributed by atoms with E-state index in [0.717, 1.165) is 31.4 Å². The monoisotopic (exact) mass is 330 g/mol. The number of halogens is 2. The lowest BCUT2D eigenvalue weighted by molar-refractivity contribution is -0.384. The number of carbonyl (C=O) groups is 1. The minimum Gasteiger partial charge on any atom is -0.349 e. The number of nitrogens with zero attached hydrogens (tertiary/aromatic N) is 1. The summed E-state index contributed by atoms with van der Waals surface area (Å²) in [6.07, 6.45) is 2.79. The van der Waals surface area contributed by atoms with Crippen LogP contribution in [0.2, 0.25) is 10.0 Å². The molecule has 0 aliphatic heterocycles. The van der Waals surface area contributed by atoms with Gasteiger partial charge in [-0.3, -0.25) is 14.9 Å². The smallest absolute Gasteiger partial charge is 0.271 e. The van der Waals surface area contributed by atoms with Crippen LogP contribution < -0.4 is 5.32 Å². The minimum absolute atomic E-state index is 0.00256. The Balaban J connectivity index is 2.21. The second-order valence-electron chi connectivity index (χ2n) is 6.12. The van der Waals surface area contributed by atoms with Gasteiger partial charge in [0.1, 0.15) is 0 Å². The molecule has 5 nitrogen and oxygen atoms in total. The van der Waals surface area contributed by atoms with Crippen molar-refractivity contribution in [3.05, 3.63) is 37.9 Å². The first-order chi connectivity index (χ1) is 9.69. The summed E-state index contributed by atoms with van der Waals surface area (Å²) in [7, 11) is 0. The first-order valence-electron chi connectivity index (χ1n) is 6.64. The molecule has 1 amide bonds. The lowest BCUT2D eigenvalue weighted by Crippen LogP contribution is -2.33. The Bertz CT molecular complexity index is 602. The molecule has 1 saturated carbocycles.